The Balaban J connectivity index is 1.25. The van der Waals surface area contributed by atoms with E-state index in [1.165, 1.54) is 0 Å². The Morgan fingerprint density at radius 3 is 2.03 bits per heavy atom. The zero-order valence-corrected chi connectivity index (χ0v) is 39.9. The van der Waals surface area contributed by atoms with Gasteiger partial charge in [0.15, 0.2) is 17.6 Å². The van der Waals surface area contributed by atoms with Gasteiger partial charge in [0.05, 0.1) is 22.4 Å². The zero-order chi connectivity index (χ0) is 47.9. The van der Waals surface area contributed by atoms with E-state index in [4.69, 9.17) is 33.4 Å². The predicted octanol–water partition coefficient (Wildman–Crippen LogP) is 8.10. The second-order valence-electron chi connectivity index (χ2n) is 22.0. The van der Waals surface area contributed by atoms with Gasteiger partial charge in [0, 0.05) is 35.5 Å². The first kappa shape index (κ1) is 46.6. The summed E-state index contributed by atoms with van der Waals surface area (Å²) in [5.41, 5.74) is -1.44. The lowest BCUT2D eigenvalue weighted by Crippen LogP contribution is -2.74. The number of guanidine groups is 1. The van der Waals surface area contributed by atoms with Crippen molar-refractivity contribution in [3.8, 4) is 11.5 Å². The van der Waals surface area contributed by atoms with Crippen LogP contribution < -0.4 is 25.4 Å². The van der Waals surface area contributed by atoms with Crippen molar-refractivity contribution in [1.82, 2.24) is 25.8 Å². The summed E-state index contributed by atoms with van der Waals surface area (Å²) in [6.07, 6.45) is -0.754. The number of amides is 4. The molecule has 18 heteroatoms. The highest BCUT2D eigenvalue weighted by Crippen LogP contribution is 2.69. The largest absolute Gasteiger partial charge is 0.479 e. The molecule has 4 amide bonds. The molecular formula is C48H63N7O11. The van der Waals surface area contributed by atoms with E-state index in [0.717, 1.165) is 48.3 Å². The third-order valence-corrected chi connectivity index (χ3v) is 12.0. The summed E-state index contributed by atoms with van der Waals surface area (Å²) in [5.74, 6) is 0.846. The van der Waals surface area contributed by atoms with Crippen LogP contribution in [0.25, 0.3) is 10.9 Å². The first-order valence-electron chi connectivity index (χ1n) is 22.6. The van der Waals surface area contributed by atoms with Crippen molar-refractivity contribution in [2.45, 2.75) is 161 Å². The summed E-state index contributed by atoms with van der Waals surface area (Å²) in [7, 11) is 0. The molecule has 5 N–H and O–H groups in total. The van der Waals surface area contributed by atoms with E-state index in [-0.39, 0.29) is 24.2 Å². The number of alkyl carbamates (subject to hydrolysis) is 3. The number of nitrogens with zero attached hydrogens (tertiary/aromatic N) is 3. The number of fused-ring (bicyclic) bond motifs is 4. The lowest BCUT2D eigenvalue weighted by atomic mass is 9.49. The van der Waals surface area contributed by atoms with Gasteiger partial charge in [0.2, 0.25) is 5.96 Å². The van der Waals surface area contributed by atoms with Crippen LogP contribution >= 0.6 is 0 Å². The van der Waals surface area contributed by atoms with Crippen molar-refractivity contribution in [2.75, 3.05) is 13.1 Å². The molecule has 1 aromatic heterocycles. The van der Waals surface area contributed by atoms with E-state index in [0.29, 0.717) is 41.1 Å². The molecule has 66 heavy (non-hydrogen) atoms. The van der Waals surface area contributed by atoms with E-state index in [2.05, 4.69) is 30.8 Å². The SMILES string of the molecule is CC(C)(C)OC(=O)/N=C(/NC(=O)OC(C)(C)C)Oc1ccc2c3c1O[C@H]1c4[nH]c5cccc(N=C(NC(=O)OC(C)(C)C)NC(=O)OC(C)(C)C)c5c4C[C@@]4(O)[C@@H](C2)N(CC2CC2)CC[C@]314. The maximum Gasteiger partial charge on any atom is 0.438 e. The van der Waals surface area contributed by atoms with Crippen molar-refractivity contribution in [3.05, 3.63) is 52.7 Å². The normalized spacial score (nSPS) is 23.4. The van der Waals surface area contributed by atoms with Crippen molar-refractivity contribution >= 4 is 52.9 Å². The fraction of sp³-hybridized carbons (Fsp3) is 0.583. The molecule has 18 nitrogen and oxygen atoms in total. The number of hydrogen-bond acceptors (Lipinski definition) is 13. The molecular weight excluding hydrogens is 851 g/mol. The summed E-state index contributed by atoms with van der Waals surface area (Å²) >= 11 is 0. The minimum absolute atomic E-state index is 0.158. The lowest BCUT2D eigenvalue weighted by Gasteiger charge is -2.62. The molecule has 8 rings (SSSR count). The van der Waals surface area contributed by atoms with Gasteiger partial charge >= 0.3 is 30.4 Å². The third kappa shape index (κ3) is 9.39. The van der Waals surface area contributed by atoms with Crippen LogP contribution in [-0.4, -0.2) is 98.5 Å². The molecule has 1 saturated heterocycles. The maximum absolute atomic E-state index is 13.8. The molecule has 2 aromatic carbocycles. The summed E-state index contributed by atoms with van der Waals surface area (Å²) in [6, 6.07) is 8.37. The number of likely N-dealkylation sites (tertiary alicyclic amines) is 1. The fourth-order valence-electron chi connectivity index (χ4n) is 9.77. The summed E-state index contributed by atoms with van der Waals surface area (Å²) in [4.78, 5) is 67.3. The molecule has 1 spiro atoms. The van der Waals surface area contributed by atoms with Crippen LogP contribution in [0.3, 0.4) is 0 Å². The number of aliphatic imine (C=N–C) groups is 2. The van der Waals surface area contributed by atoms with E-state index in [1.54, 1.807) is 101 Å². The van der Waals surface area contributed by atoms with Crippen LogP contribution in [-0.2, 0) is 37.2 Å². The lowest BCUT2D eigenvalue weighted by molar-refractivity contribution is -0.173. The quantitative estimate of drug-likeness (QED) is 0.0952. The molecule has 0 unspecified atom stereocenters. The number of hydrogen-bond donors (Lipinski definition) is 5. The summed E-state index contributed by atoms with van der Waals surface area (Å²) in [5, 5.41) is 22.1. The summed E-state index contributed by atoms with van der Waals surface area (Å²) < 4.78 is 35.4. The molecule has 356 valence electrons. The third-order valence-electron chi connectivity index (χ3n) is 12.0. The van der Waals surface area contributed by atoms with Crippen LogP contribution in [0.1, 0.15) is 131 Å². The Bertz CT molecular complexity index is 2500. The standard InChI is InChI=1S/C48H63N7O11/c1-43(2,3)63-39(56)51-37(52-40(57)64-44(4,5)6)50-29-15-13-14-28-32(29)27-23-48(60)31-22-26-18-19-30(61-38(53-41(58)65-45(7,8)9)54-42(59)66-46(10,11)12)35-33(26)47(48,36(62-35)34(27)49-28)20-21-55(31)24-25-16-17-25/h13-15,18-19,25,31,36,49,60H,16-17,20-24H2,1-12H3,(H,53,54,58,59)(H2,50,51,52,56,57)/t31-,36+,47+,48-/m1/s1. The second kappa shape index (κ2) is 16.2. The molecule has 4 atom stereocenters. The van der Waals surface area contributed by atoms with Gasteiger partial charge in [-0.15, -0.1) is 4.99 Å². The van der Waals surface area contributed by atoms with Crippen LogP contribution in [0.4, 0.5) is 24.9 Å². The van der Waals surface area contributed by atoms with E-state index < -0.39 is 69.9 Å². The molecule has 5 aliphatic rings. The number of aromatic amines is 1. The van der Waals surface area contributed by atoms with Gasteiger partial charge in [-0.1, -0.05) is 12.1 Å². The number of piperidine rings is 1. The minimum atomic E-state index is -1.38. The number of carbonyl (C=O) groups is 4. The van der Waals surface area contributed by atoms with Crippen LogP contribution in [0.2, 0.25) is 0 Å². The van der Waals surface area contributed by atoms with Crippen molar-refractivity contribution in [3.63, 3.8) is 0 Å². The summed E-state index contributed by atoms with van der Waals surface area (Å²) in [6.45, 7) is 22.1. The van der Waals surface area contributed by atoms with Crippen LogP contribution in [0, 0.1) is 5.92 Å². The van der Waals surface area contributed by atoms with Crippen molar-refractivity contribution in [1.29, 1.82) is 0 Å². The average Bonchev–Trinajstić information content (AvgIpc) is 3.77. The Labute approximate surface area is 384 Å². The molecule has 3 aromatic rings. The van der Waals surface area contributed by atoms with E-state index >= 15 is 0 Å². The Hall–Kier alpha value is -5.88. The van der Waals surface area contributed by atoms with Gasteiger partial charge in [-0.3, -0.25) is 15.5 Å². The van der Waals surface area contributed by atoms with Gasteiger partial charge in [0.1, 0.15) is 22.4 Å². The molecule has 2 aliphatic heterocycles. The van der Waals surface area contributed by atoms with E-state index in [1.807, 2.05) is 12.1 Å². The van der Waals surface area contributed by atoms with Crippen LogP contribution in [0.5, 0.6) is 11.5 Å². The van der Waals surface area contributed by atoms with Gasteiger partial charge in [-0.2, -0.15) is 0 Å². The topological polar surface area (TPSA) is 224 Å². The second-order valence-corrected chi connectivity index (χ2v) is 22.0. The minimum Gasteiger partial charge on any atom is -0.479 e. The number of aromatic nitrogens is 1. The number of aliphatic hydroxyl groups is 1. The van der Waals surface area contributed by atoms with Crippen LogP contribution in [0.15, 0.2) is 40.3 Å². The Morgan fingerprint density at radius 2 is 1.44 bits per heavy atom. The van der Waals surface area contributed by atoms with Gasteiger partial charge in [-0.25, -0.2) is 29.5 Å². The van der Waals surface area contributed by atoms with Gasteiger partial charge in [-0.05, 0) is 151 Å². The first-order chi connectivity index (χ1) is 30.6. The maximum atomic E-state index is 13.8. The monoisotopic (exact) mass is 913 g/mol. The molecule has 3 aliphatic carbocycles. The number of carbonyl (C=O) groups excluding carboxylic acids is 4. The Morgan fingerprint density at radius 1 is 0.833 bits per heavy atom. The number of amidine groups is 1. The number of rotatable bonds is 4. The van der Waals surface area contributed by atoms with E-state index in [9.17, 15) is 24.3 Å². The highest BCUT2D eigenvalue weighted by Gasteiger charge is 2.73. The average molecular weight is 914 g/mol. The molecule has 0 radical (unpaired) electrons. The Kier molecular flexibility index (Phi) is 11.4. The highest BCUT2D eigenvalue weighted by molar-refractivity contribution is 6.05. The molecule has 2 bridgehead atoms. The number of nitrogens with one attached hydrogen (secondary N) is 4. The number of benzene rings is 2. The fourth-order valence-corrected chi connectivity index (χ4v) is 9.77. The van der Waals surface area contributed by atoms with Gasteiger partial charge < -0.3 is 38.5 Å². The number of ether oxygens (including phenoxy) is 6. The van der Waals surface area contributed by atoms with Crippen molar-refractivity contribution < 1.29 is 52.7 Å². The predicted molar refractivity (Wildman–Crippen MR) is 244 cm³/mol. The number of H-pyrrole nitrogens is 1. The zero-order valence-electron chi connectivity index (χ0n) is 39.9. The molecule has 3 heterocycles. The molecule has 2 fully saturated rings. The smallest absolute Gasteiger partial charge is 0.438 e. The van der Waals surface area contributed by atoms with Crippen molar-refractivity contribution in [2.24, 2.45) is 15.9 Å². The first-order valence-corrected chi connectivity index (χ1v) is 22.6. The highest BCUT2D eigenvalue weighted by atomic mass is 16.6. The van der Waals surface area contributed by atoms with Gasteiger partial charge in [0.25, 0.3) is 0 Å². The molecule has 1 saturated carbocycles.